The molecular formula is C35H46N2O12. The molecule has 2 aromatic rings. The van der Waals surface area contributed by atoms with E-state index >= 15 is 0 Å². The second-order valence-corrected chi connectivity index (χ2v) is 13.9. The lowest BCUT2D eigenvalue weighted by molar-refractivity contribution is -0.288. The Morgan fingerprint density at radius 2 is 1.51 bits per heavy atom. The largest absolute Gasteiger partial charge is 0.507 e. The molecule has 2 aliphatic heterocycles. The van der Waals surface area contributed by atoms with Crippen LogP contribution < -0.4 is 5.32 Å². The third kappa shape index (κ3) is 5.82. The number of aliphatic hydroxyl groups is 3. The van der Waals surface area contributed by atoms with Crippen molar-refractivity contribution in [2.45, 2.75) is 113 Å². The third-order valence-corrected chi connectivity index (χ3v) is 10.7. The molecule has 0 aromatic heterocycles. The van der Waals surface area contributed by atoms with Crippen LogP contribution in [0.15, 0.2) is 18.2 Å². The molecule has 7 N–H and O–H groups in total. The van der Waals surface area contributed by atoms with Gasteiger partial charge in [0.15, 0.2) is 18.4 Å². The van der Waals surface area contributed by atoms with Crippen LogP contribution in [0.3, 0.4) is 0 Å². The Kier molecular flexibility index (Phi) is 9.58. The molecule has 4 aliphatic rings. The summed E-state index contributed by atoms with van der Waals surface area (Å²) < 4.78 is 24.9. The van der Waals surface area contributed by atoms with Crippen molar-refractivity contribution in [3.63, 3.8) is 0 Å². The maximum absolute atomic E-state index is 13.9. The van der Waals surface area contributed by atoms with Crippen molar-refractivity contribution < 1.29 is 59.2 Å². The van der Waals surface area contributed by atoms with Gasteiger partial charge in [0.05, 0.1) is 52.8 Å². The fraction of sp³-hybridized carbons (Fsp3) is 0.600. The highest BCUT2D eigenvalue weighted by Gasteiger charge is 2.54. The van der Waals surface area contributed by atoms with E-state index < -0.39 is 101 Å². The lowest BCUT2D eigenvalue weighted by Crippen LogP contribution is -2.55. The fourth-order valence-electron chi connectivity index (χ4n) is 7.85. The highest BCUT2D eigenvalue weighted by Crippen LogP contribution is 2.58. The van der Waals surface area contributed by atoms with E-state index in [-0.39, 0.29) is 54.0 Å². The first-order chi connectivity index (χ1) is 23.1. The topological polar surface area (TPSA) is 208 Å². The number of ether oxygens (including phenoxy) is 4. The van der Waals surface area contributed by atoms with Crippen LogP contribution in [0.25, 0.3) is 0 Å². The van der Waals surface area contributed by atoms with Crippen LogP contribution in [0.2, 0.25) is 0 Å². The highest BCUT2D eigenvalue weighted by atomic mass is 16.7. The number of aliphatic hydroxyl groups excluding tert-OH is 2. The average Bonchev–Trinajstić information content (AvgIpc) is 3.05. The molecule has 0 radical (unpaired) electrons. The number of phenolic OH excluding ortho intramolecular Hbond substituents is 3. The summed E-state index contributed by atoms with van der Waals surface area (Å²) in [6.07, 6.45) is -7.25. The quantitative estimate of drug-likeness (QED) is 0.177. The van der Waals surface area contributed by atoms with Gasteiger partial charge >= 0.3 is 0 Å². The first kappa shape index (κ1) is 35.6. The molecule has 268 valence electrons. The zero-order valence-electron chi connectivity index (χ0n) is 28.4. The number of aromatic hydroxyl groups is 3. The molecule has 2 aromatic carbocycles. The van der Waals surface area contributed by atoms with Crippen LogP contribution >= 0.6 is 0 Å². The summed E-state index contributed by atoms with van der Waals surface area (Å²) in [5.74, 6) is -3.50. The summed E-state index contributed by atoms with van der Waals surface area (Å²) in [4.78, 5) is 29.7. The van der Waals surface area contributed by atoms with Gasteiger partial charge in [0.1, 0.15) is 23.4 Å². The summed E-state index contributed by atoms with van der Waals surface area (Å²) >= 11 is 0. The Labute approximate surface area is 284 Å². The summed E-state index contributed by atoms with van der Waals surface area (Å²) in [6.45, 7) is 5.09. The summed E-state index contributed by atoms with van der Waals surface area (Å²) in [6, 6.07) is 3.20. The van der Waals surface area contributed by atoms with Gasteiger partial charge in [-0.2, -0.15) is 0 Å². The number of likely N-dealkylation sites (N-methyl/N-ethyl adjacent to an activating group) is 2. The number of nitrogens with one attached hydrogen (secondary N) is 1. The molecule has 49 heavy (non-hydrogen) atoms. The monoisotopic (exact) mass is 686 g/mol. The minimum atomic E-state index is -1.77. The summed E-state index contributed by atoms with van der Waals surface area (Å²) in [5.41, 5.74) is -3.49. The molecule has 0 spiro atoms. The van der Waals surface area contributed by atoms with E-state index in [9.17, 15) is 40.2 Å². The number of carbonyl (C=O) groups excluding carboxylic acids is 2. The van der Waals surface area contributed by atoms with E-state index in [4.69, 9.17) is 18.9 Å². The Morgan fingerprint density at radius 3 is 2.14 bits per heavy atom. The molecular weight excluding hydrogens is 640 g/mol. The van der Waals surface area contributed by atoms with Gasteiger partial charge in [-0.25, -0.2) is 0 Å². The molecule has 2 saturated heterocycles. The number of fused-ring (bicyclic) bond motifs is 3. The minimum absolute atomic E-state index is 0.0691. The maximum atomic E-state index is 13.9. The smallest absolute Gasteiger partial charge is 0.202 e. The third-order valence-electron chi connectivity index (χ3n) is 10.7. The van der Waals surface area contributed by atoms with E-state index in [1.54, 1.807) is 27.8 Å². The van der Waals surface area contributed by atoms with E-state index in [0.717, 1.165) is 0 Å². The van der Waals surface area contributed by atoms with Crippen molar-refractivity contribution in [1.82, 2.24) is 10.2 Å². The van der Waals surface area contributed by atoms with E-state index in [1.807, 2.05) is 19.0 Å². The molecule has 0 saturated carbocycles. The Bertz CT molecular complexity index is 1630. The fourth-order valence-corrected chi connectivity index (χ4v) is 7.85. The molecule has 6 rings (SSSR count). The van der Waals surface area contributed by atoms with Crippen LogP contribution in [0.4, 0.5) is 0 Å². The Morgan fingerprint density at radius 1 is 0.898 bits per heavy atom. The van der Waals surface area contributed by atoms with Gasteiger partial charge in [-0.05, 0) is 47.5 Å². The predicted octanol–water partition coefficient (Wildman–Crippen LogP) is 1.75. The average molecular weight is 687 g/mol. The van der Waals surface area contributed by atoms with Crippen molar-refractivity contribution >= 4 is 11.6 Å². The van der Waals surface area contributed by atoms with Crippen molar-refractivity contribution in [2.24, 2.45) is 0 Å². The molecule has 11 unspecified atom stereocenters. The van der Waals surface area contributed by atoms with Gasteiger partial charge in [-0.3, -0.25) is 9.59 Å². The number of rotatable bonds is 7. The van der Waals surface area contributed by atoms with Gasteiger partial charge in [0, 0.05) is 48.0 Å². The van der Waals surface area contributed by atoms with Crippen LogP contribution in [-0.2, 0) is 18.9 Å². The SMILES string of the molecule is CCC1(O)CC(OC2CC(NC)C(O)C(C)O2)c2c(O)c3c(c(O)c2C1OC1CC(N(C)C)C(O)C(C)O1)C(=O)c1cccc(O)c1C3=O. The first-order valence-electron chi connectivity index (χ1n) is 16.7. The molecule has 2 heterocycles. The lowest BCUT2D eigenvalue weighted by Gasteiger charge is -2.48. The van der Waals surface area contributed by atoms with Crippen molar-refractivity contribution in [3.05, 3.63) is 51.6 Å². The van der Waals surface area contributed by atoms with Crippen LogP contribution in [0.5, 0.6) is 17.2 Å². The first-order valence-corrected chi connectivity index (χ1v) is 16.7. The van der Waals surface area contributed by atoms with Gasteiger partial charge in [-0.1, -0.05) is 19.1 Å². The molecule has 14 heteroatoms. The maximum Gasteiger partial charge on any atom is 0.202 e. The number of ketones is 2. The number of phenols is 3. The van der Waals surface area contributed by atoms with Crippen molar-refractivity contribution in [1.29, 1.82) is 0 Å². The van der Waals surface area contributed by atoms with Gasteiger partial charge in [0.2, 0.25) is 5.78 Å². The molecule has 11 atom stereocenters. The number of carbonyl (C=O) groups is 2. The molecule has 2 fully saturated rings. The lowest BCUT2D eigenvalue weighted by atomic mass is 9.70. The number of hydrogen-bond donors (Lipinski definition) is 7. The summed E-state index contributed by atoms with van der Waals surface area (Å²) in [5, 5.41) is 71.4. The zero-order valence-corrected chi connectivity index (χ0v) is 28.4. The number of hydrogen-bond acceptors (Lipinski definition) is 14. The van der Waals surface area contributed by atoms with Crippen LogP contribution in [-0.4, -0.2) is 123 Å². The minimum Gasteiger partial charge on any atom is -0.507 e. The summed E-state index contributed by atoms with van der Waals surface area (Å²) in [7, 11) is 5.31. The van der Waals surface area contributed by atoms with Gasteiger partial charge < -0.3 is 59.8 Å². The molecule has 0 amide bonds. The predicted molar refractivity (Wildman–Crippen MR) is 172 cm³/mol. The zero-order chi connectivity index (χ0) is 35.7. The van der Waals surface area contributed by atoms with Crippen LogP contribution in [0, 0.1) is 0 Å². The highest BCUT2D eigenvalue weighted by molar-refractivity contribution is 6.31. The number of nitrogens with zero attached hydrogens (tertiary/aromatic N) is 1. The number of benzene rings is 2. The van der Waals surface area contributed by atoms with Gasteiger partial charge in [0.25, 0.3) is 0 Å². The van der Waals surface area contributed by atoms with Crippen molar-refractivity contribution in [2.75, 3.05) is 21.1 Å². The second-order valence-electron chi connectivity index (χ2n) is 13.9. The second kappa shape index (κ2) is 13.2. The van der Waals surface area contributed by atoms with E-state index in [2.05, 4.69) is 5.32 Å². The standard InChI is InChI=1S/C35H46N2O12/c1-7-35(45)13-20(48-21-11-17(36-4)28(39)14(2)46-21)24-27(34(35)49-22-12-18(37(5)6)29(40)15(3)47-22)33(44)25-26(32(24)43)31(42)23-16(30(25)41)9-8-10-19(23)38/h8-10,14-15,17-18,20-22,28-29,34,36,38-40,43-45H,7,11-13H2,1-6H3. The van der Waals surface area contributed by atoms with E-state index in [1.165, 1.54) is 18.2 Å². The Balaban J connectivity index is 1.52. The molecule has 2 aliphatic carbocycles. The molecule has 0 bridgehead atoms. The van der Waals surface area contributed by atoms with E-state index in [0.29, 0.717) is 0 Å². The van der Waals surface area contributed by atoms with Crippen molar-refractivity contribution in [3.8, 4) is 17.2 Å². The van der Waals surface area contributed by atoms with Gasteiger partial charge in [-0.15, -0.1) is 0 Å². The molecule has 14 nitrogen and oxygen atoms in total. The normalized spacial score (nSPS) is 36.0. The Hall–Kier alpha value is -3.18. The van der Waals surface area contributed by atoms with Crippen LogP contribution in [0.1, 0.15) is 102 Å².